The van der Waals surface area contributed by atoms with Gasteiger partial charge in [-0.25, -0.2) is 4.98 Å². The van der Waals surface area contributed by atoms with Crippen LogP contribution in [0.25, 0.3) is 22.3 Å². The zero-order valence-corrected chi connectivity index (χ0v) is 16.7. The number of nitrogens with zero attached hydrogens (tertiary/aromatic N) is 5. The lowest BCUT2D eigenvalue weighted by Gasteiger charge is -2.50. The predicted molar refractivity (Wildman–Crippen MR) is 111 cm³/mol. The first-order chi connectivity index (χ1) is 13.7. The summed E-state index contributed by atoms with van der Waals surface area (Å²) in [6, 6.07) is 6.73. The van der Waals surface area contributed by atoms with Gasteiger partial charge in [0.1, 0.15) is 5.65 Å². The van der Waals surface area contributed by atoms with E-state index in [-0.39, 0.29) is 0 Å². The Balaban J connectivity index is 1.31. The van der Waals surface area contributed by atoms with Crippen molar-refractivity contribution in [3.63, 3.8) is 0 Å². The molecule has 146 valence electrons. The fourth-order valence-corrected chi connectivity index (χ4v) is 5.84. The van der Waals surface area contributed by atoms with E-state index in [1.807, 2.05) is 30.3 Å². The molecule has 6 heteroatoms. The summed E-state index contributed by atoms with van der Waals surface area (Å²) in [5.74, 6) is 0.924. The molecular weight excluding hydrogens is 348 g/mol. The number of rotatable bonds is 3. The van der Waals surface area contributed by atoms with Crippen LogP contribution in [-0.2, 0) is 7.05 Å². The summed E-state index contributed by atoms with van der Waals surface area (Å²) in [7, 11) is 1.95. The SMILES string of the molecule is Cn1cc(-c2cc3c(N4CC5CCC(C4)N5[C@H]4C[C@H](C)C4)ccnc3[nH]2)cn1. The third-order valence-corrected chi connectivity index (χ3v) is 7.17. The van der Waals surface area contributed by atoms with Crippen molar-refractivity contribution in [1.29, 1.82) is 0 Å². The summed E-state index contributed by atoms with van der Waals surface area (Å²) in [4.78, 5) is 13.6. The third-order valence-electron chi connectivity index (χ3n) is 7.17. The maximum Gasteiger partial charge on any atom is 0.139 e. The quantitative estimate of drug-likeness (QED) is 0.761. The standard InChI is InChI=1S/C22H28N6/c1-14-7-18(8-14)28-16-3-4-17(28)13-27(12-16)21-5-6-23-22-19(21)9-20(25-22)15-10-24-26(2)11-15/h5-6,9-11,14,16-18H,3-4,7-8,12-13H2,1-2H3,(H,23,25)/t14-,16?,17?,18-. The van der Waals surface area contributed by atoms with Crippen molar-refractivity contribution in [3.8, 4) is 11.3 Å². The van der Waals surface area contributed by atoms with Crippen molar-refractivity contribution in [2.75, 3.05) is 18.0 Å². The summed E-state index contributed by atoms with van der Waals surface area (Å²) in [5, 5.41) is 5.54. The lowest BCUT2D eigenvalue weighted by Crippen LogP contribution is -2.59. The molecule has 2 saturated heterocycles. The number of aromatic nitrogens is 4. The Morgan fingerprint density at radius 2 is 1.89 bits per heavy atom. The van der Waals surface area contributed by atoms with Gasteiger partial charge in [-0.2, -0.15) is 5.10 Å². The summed E-state index contributed by atoms with van der Waals surface area (Å²) >= 11 is 0. The zero-order chi connectivity index (χ0) is 18.8. The van der Waals surface area contributed by atoms with E-state index < -0.39 is 0 Å². The summed E-state index contributed by atoms with van der Waals surface area (Å²) in [6.45, 7) is 4.69. The maximum atomic E-state index is 4.60. The average Bonchev–Trinajstić information content (AvgIpc) is 3.34. The number of anilines is 1. The molecule has 3 aliphatic rings. The molecule has 1 N–H and O–H groups in total. The number of aromatic amines is 1. The lowest BCUT2D eigenvalue weighted by atomic mass is 9.80. The van der Waals surface area contributed by atoms with E-state index in [0.29, 0.717) is 0 Å². The minimum absolute atomic E-state index is 0.719. The molecule has 1 saturated carbocycles. The van der Waals surface area contributed by atoms with E-state index in [1.54, 1.807) is 0 Å². The van der Waals surface area contributed by atoms with E-state index in [9.17, 15) is 0 Å². The molecule has 1 aliphatic carbocycles. The van der Waals surface area contributed by atoms with Gasteiger partial charge in [-0.1, -0.05) is 6.92 Å². The summed E-state index contributed by atoms with van der Waals surface area (Å²) in [5.41, 5.74) is 4.50. The maximum absolute atomic E-state index is 4.60. The topological polar surface area (TPSA) is 53.0 Å². The molecule has 6 nitrogen and oxygen atoms in total. The number of piperazine rings is 1. The van der Waals surface area contributed by atoms with E-state index in [0.717, 1.165) is 54.0 Å². The van der Waals surface area contributed by atoms with Gasteiger partial charge in [0.05, 0.1) is 11.9 Å². The van der Waals surface area contributed by atoms with Crippen LogP contribution < -0.4 is 4.90 Å². The van der Waals surface area contributed by atoms with Gasteiger partial charge in [-0.05, 0) is 43.7 Å². The number of nitrogens with one attached hydrogen (secondary N) is 1. The van der Waals surface area contributed by atoms with Crippen molar-refractivity contribution in [3.05, 3.63) is 30.7 Å². The molecule has 0 amide bonds. The Bertz CT molecular complexity index is 999. The molecule has 2 unspecified atom stereocenters. The first kappa shape index (κ1) is 16.6. The van der Waals surface area contributed by atoms with Gasteiger partial charge >= 0.3 is 0 Å². The highest BCUT2D eigenvalue weighted by atomic mass is 15.3. The average molecular weight is 377 g/mol. The Morgan fingerprint density at radius 1 is 1.11 bits per heavy atom. The smallest absolute Gasteiger partial charge is 0.139 e. The highest BCUT2D eigenvalue weighted by molar-refractivity contribution is 5.93. The molecule has 0 spiro atoms. The van der Waals surface area contributed by atoms with Crippen LogP contribution in [0.3, 0.4) is 0 Å². The van der Waals surface area contributed by atoms with Crippen molar-refractivity contribution >= 4 is 16.7 Å². The lowest BCUT2D eigenvalue weighted by molar-refractivity contribution is 0.0341. The number of hydrogen-bond donors (Lipinski definition) is 1. The van der Waals surface area contributed by atoms with Crippen molar-refractivity contribution in [1.82, 2.24) is 24.6 Å². The van der Waals surface area contributed by atoms with Crippen LogP contribution in [0.15, 0.2) is 30.7 Å². The molecule has 2 aliphatic heterocycles. The first-order valence-corrected chi connectivity index (χ1v) is 10.6. The Morgan fingerprint density at radius 3 is 2.57 bits per heavy atom. The normalized spacial score (nSPS) is 30.1. The summed E-state index contributed by atoms with van der Waals surface area (Å²) < 4.78 is 1.84. The highest BCUT2D eigenvalue weighted by Crippen LogP contribution is 2.42. The molecule has 0 radical (unpaired) electrons. The van der Waals surface area contributed by atoms with E-state index in [2.05, 4.69) is 43.9 Å². The van der Waals surface area contributed by atoms with Crippen LogP contribution in [-0.4, -0.2) is 55.9 Å². The van der Waals surface area contributed by atoms with Crippen LogP contribution in [0, 0.1) is 5.92 Å². The molecule has 2 bridgehead atoms. The Kier molecular flexibility index (Phi) is 3.60. The second-order valence-electron chi connectivity index (χ2n) is 9.15. The highest BCUT2D eigenvalue weighted by Gasteiger charge is 2.46. The molecule has 28 heavy (non-hydrogen) atoms. The predicted octanol–water partition coefficient (Wildman–Crippen LogP) is 3.41. The number of aryl methyl sites for hydroxylation is 1. The third kappa shape index (κ3) is 2.50. The van der Waals surface area contributed by atoms with E-state index in [1.165, 1.54) is 36.8 Å². The molecule has 6 rings (SSSR count). The number of hydrogen-bond acceptors (Lipinski definition) is 4. The molecule has 3 fully saturated rings. The molecule has 0 aromatic carbocycles. The second kappa shape index (κ2) is 6.08. The molecule has 2 atom stereocenters. The van der Waals surface area contributed by atoms with Gasteiger partial charge in [0.15, 0.2) is 0 Å². The molecule has 3 aromatic heterocycles. The van der Waals surface area contributed by atoms with Crippen LogP contribution in [0.4, 0.5) is 5.69 Å². The van der Waals surface area contributed by atoms with E-state index in [4.69, 9.17) is 0 Å². The van der Waals surface area contributed by atoms with Gasteiger partial charge in [0, 0.05) is 67.3 Å². The second-order valence-corrected chi connectivity index (χ2v) is 9.15. The van der Waals surface area contributed by atoms with Gasteiger partial charge in [0.2, 0.25) is 0 Å². The minimum atomic E-state index is 0.719. The Hall–Kier alpha value is -2.34. The zero-order valence-electron chi connectivity index (χ0n) is 16.7. The van der Waals surface area contributed by atoms with Crippen LogP contribution >= 0.6 is 0 Å². The fraction of sp³-hybridized carbons (Fsp3) is 0.545. The fourth-order valence-electron chi connectivity index (χ4n) is 5.84. The largest absolute Gasteiger partial charge is 0.368 e. The van der Waals surface area contributed by atoms with Crippen molar-refractivity contribution in [2.45, 2.75) is 50.7 Å². The number of fused-ring (bicyclic) bond motifs is 3. The van der Waals surface area contributed by atoms with Crippen LogP contribution in [0.2, 0.25) is 0 Å². The summed E-state index contributed by atoms with van der Waals surface area (Å²) in [6.07, 6.45) is 11.4. The first-order valence-electron chi connectivity index (χ1n) is 10.6. The Labute approximate surface area is 165 Å². The van der Waals surface area contributed by atoms with Crippen LogP contribution in [0.5, 0.6) is 0 Å². The van der Waals surface area contributed by atoms with Gasteiger partial charge < -0.3 is 9.88 Å². The van der Waals surface area contributed by atoms with Gasteiger partial charge in [-0.3, -0.25) is 9.58 Å². The minimum Gasteiger partial charge on any atom is -0.368 e. The van der Waals surface area contributed by atoms with Gasteiger partial charge in [0.25, 0.3) is 0 Å². The molecule has 5 heterocycles. The van der Waals surface area contributed by atoms with Crippen LogP contribution in [0.1, 0.15) is 32.6 Å². The number of H-pyrrole nitrogens is 1. The monoisotopic (exact) mass is 376 g/mol. The van der Waals surface area contributed by atoms with Crippen molar-refractivity contribution < 1.29 is 0 Å². The molecular formula is C22H28N6. The van der Waals surface area contributed by atoms with Gasteiger partial charge in [-0.15, -0.1) is 0 Å². The molecule has 3 aromatic rings. The van der Waals surface area contributed by atoms with Crippen molar-refractivity contribution in [2.24, 2.45) is 13.0 Å². The number of pyridine rings is 1. The van der Waals surface area contributed by atoms with E-state index >= 15 is 0 Å².